The van der Waals surface area contributed by atoms with Gasteiger partial charge >= 0.3 is 0 Å². The van der Waals surface area contributed by atoms with Crippen LogP contribution in [0.2, 0.25) is 0 Å². The van der Waals surface area contributed by atoms with E-state index in [1.807, 2.05) is 18.2 Å². The monoisotopic (exact) mass is 225 g/mol. The quantitative estimate of drug-likeness (QED) is 0.783. The lowest BCUT2D eigenvalue weighted by Gasteiger charge is -2.03. The fourth-order valence-electron chi connectivity index (χ4n) is 2.02. The standard InChI is InChI=1S/C13H11N3O/c17-13(12-6-15-8-16-7-12)9-1-2-10-4-14-5-11(10)3-9/h1-3,6-8,14H,4-5H2. The minimum atomic E-state index is -0.0275. The molecule has 0 amide bonds. The Morgan fingerprint density at radius 3 is 2.65 bits per heavy atom. The van der Waals surface area contributed by atoms with Crippen molar-refractivity contribution < 1.29 is 4.79 Å². The number of hydrogen-bond donors (Lipinski definition) is 1. The third kappa shape index (κ3) is 1.83. The predicted octanol–water partition coefficient (Wildman–Crippen LogP) is 1.31. The number of nitrogens with one attached hydrogen (secondary N) is 1. The van der Waals surface area contributed by atoms with E-state index < -0.39 is 0 Å². The maximum atomic E-state index is 12.1. The van der Waals surface area contributed by atoms with Crippen LogP contribution in [-0.2, 0) is 13.1 Å². The Labute approximate surface area is 98.7 Å². The molecular weight excluding hydrogens is 214 g/mol. The fraction of sp³-hybridized carbons (Fsp3) is 0.154. The topological polar surface area (TPSA) is 54.9 Å². The molecule has 0 saturated carbocycles. The van der Waals surface area contributed by atoms with E-state index in [0.29, 0.717) is 11.1 Å². The molecule has 84 valence electrons. The van der Waals surface area contributed by atoms with Crippen LogP contribution in [0.1, 0.15) is 27.0 Å². The number of ketones is 1. The number of hydrogen-bond acceptors (Lipinski definition) is 4. The molecule has 2 aromatic rings. The number of rotatable bonds is 2. The Balaban J connectivity index is 1.97. The van der Waals surface area contributed by atoms with Crippen LogP contribution in [0.4, 0.5) is 0 Å². The van der Waals surface area contributed by atoms with Crippen LogP contribution in [0.5, 0.6) is 0 Å². The lowest BCUT2D eigenvalue weighted by atomic mass is 10.0. The van der Waals surface area contributed by atoms with E-state index in [0.717, 1.165) is 13.1 Å². The number of fused-ring (bicyclic) bond motifs is 1. The minimum absolute atomic E-state index is 0.0275. The lowest BCUT2D eigenvalue weighted by molar-refractivity contribution is 0.103. The summed E-state index contributed by atoms with van der Waals surface area (Å²) in [4.78, 5) is 19.9. The van der Waals surface area contributed by atoms with E-state index in [1.54, 1.807) is 12.4 Å². The first-order chi connectivity index (χ1) is 8.34. The molecular formula is C13H11N3O. The molecule has 1 aliphatic heterocycles. The molecule has 17 heavy (non-hydrogen) atoms. The fourth-order valence-corrected chi connectivity index (χ4v) is 2.02. The van der Waals surface area contributed by atoms with Gasteiger partial charge in [0.05, 0.1) is 5.56 Å². The summed E-state index contributed by atoms with van der Waals surface area (Å²) in [5.74, 6) is -0.0275. The van der Waals surface area contributed by atoms with Gasteiger partial charge in [0, 0.05) is 31.0 Å². The van der Waals surface area contributed by atoms with Gasteiger partial charge in [-0.15, -0.1) is 0 Å². The highest BCUT2D eigenvalue weighted by atomic mass is 16.1. The summed E-state index contributed by atoms with van der Waals surface area (Å²) in [6.45, 7) is 1.72. The molecule has 3 rings (SSSR count). The van der Waals surface area contributed by atoms with E-state index in [2.05, 4.69) is 15.3 Å². The van der Waals surface area contributed by atoms with E-state index in [4.69, 9.17) is 0 Å². The van der Waals surface area contributed by atoms with Crippen molar-refractivity contribution >= 4 is 5.78 Å². The number of carbonyl (C=O) groups excluding carboxylic acids is 1. The van der Waals surface area contributed by atoms with Gasteiger partial charge in [0.1, 0.15) is 6.33 Å². The number of aromatic nitrogens is 2. The van der Waals surface area contributed by atoms with Crippen molar-refractivity contribution in [1.29, 1.82) is 0 Å². The zero-order valence-electron chi connectivity index (χ0n) is 9.18. The summed E-state index contributed by atoms with van der Waals surface area (Å²) >= 11 is 0. The molecule has 4 nitrogen and oxygen atoms in total. The van der Waals surface area contributed by atoms with Crippen molar-refractivity contribution in [1.82, 2.24) is 15.3 Å². The first kappa shape index (κ1) is 10.1. The molecule has 0 aliphatic carbocycles. The largest absolute Gasteiger partial charge is 0.309 e. The molecule has 0 unspecified atom stereocenters. The Morgan fingerprint density at radius 1 is 1.06 bits per heavy atom. The molecule has 1 aromatic heterocycles. The first-order valence-electron chi connectivity index (χ1n) is 5.47. The van der Waals surface area contributed by atoms with Crippen LogP contribution >= 0.6 is 0 Å². The Hall–Kier alpha value is -2.07. The summed E-state index contributed by atoms with van der Waals surface area (Å²) in [5, 5.41) is 3.26. The third-order valence-electron chi connectivity index (χ3n) is 2.92. The van der Waals surface area contributed by atoms with Crippen molar-refractivity contribution in [3.05, 3.63) is 59.2 Å². The van der Waals surface area contributed by atoms with Crippen molar-refractivity contribution in [3.63, 3.8) is 0 Å². The maximum absolute atomic E-state index is 12.1. The van der Waals surface area contributed by atoms with Crippen LogP contribution < -0.4 is 5.32 Å². The predicted molar refractivity (Wildman–Crippen MR) is 62.5 cm³/mol. The molecule has 0 fully saturated rings. The van der Waals surface area contributed by atoms with Crippen molar-refractivity contribution in [2.24, 2.45) is 0 Å². The summed E-state index contributed by atoms with van der Waals surface area (Å²) < 4.78 is 0. The van der Waals surface area contributed by atoms with Gasteiger partial charge in [0.15, 0.2) is 5.78 Å². The highest BCUT2D eigenvalue weighted by Crippen LogP contribution is 2.18. The zero-order chi connectivity index (χ0) is 11.7. The van der Waals surface area contributed by atoms with E-state index in [9.17, 15) is 4.79 Å². The van der Waals surface area contributed by atoms with Gasteiger partial charge in [-0.2, -0.15) is 0 Å². The molecule has 0 saturated heterocycles. The summed E-state index contributed by atoms with van der Waals surface area (Å²) in [7, 11) is 0. The molecule has 1 N–H and O–H groups in total. The second kappa shape index (κ2) is 4.07. The second-order valence-corrected chi connectivity index (χ2v) is 4.04. The number of carbonyl (C=O) groups is 1. The molecule has 0 spiro atoms. The van der Waals surface area contributed by atoms with Crippen molar-refractivity contribution in [2.45, 2.75) is 13.1 Å². The van der Waals surface area contributed by atoms with Gasteiger partial charge < -0.3 is 5.32 Å². The van der Waals surface area contributed by atoms with Crippen LogP contribution in [-0.4, -0.2) is 15.8 Å². The highest BCUT2D eigenvalue weighted by molar-refractivity contribution is 6.08. The molecule has 0 radical (unpaired) electrons. The Bertz CT molecular complexity index is 566. The Morgan fingerprint density at radius 2 is 1.82 bits per heavy atom. The summed E-state index contributed by atoms with van der Waals surface area (Å²) in [6.07, 6.45) is 4.50. The van der Waals surface area contributed by atoms with Gasteiger partial charge in [-0.05, 0) is 17.2 Å². The van der Waals surface area contributed by atoms with E-state index >= 15 is 0 Å². The van der Waals surface area contributed by atoms with Crippen LogP contribution in [0.25, 0.3) is 0 Å². The SMILES string of the molecule is O=C(c1cncnc1)c1ccc2c(c1)CNC2. The van der Waals surface area contributed by atoms with Crippen LogP contribution in [0, 0.1) is 0 Å². The van der Waals surface area contributed by atoms with Crippen molar-refractivity contribution in [2.75, 3.05) is 0 Å². The molecule has 1 aliphatic rings. The van der Waals surface area contributed by atoms with Crippen LogP contribution in [0.15, 0.2) is 36.9 Å². The van der Waals surface area contributed by atoms with Gasteiger partial charge in [-0.1, -0.05) is 12.1 Å². The average Bonchev–Trinajstić information content (AvgIpc) is 2.86. The third-order valence-corrected chi connectivity index (χ3v) is 2.92. The summed E-state index contributed by atoms with van der Waals surface area (Å²) in [5.41, 5.74) is 3.69. The minimum Gasteiger partial charge on any atom is -0.309 e. The van der Waals surface area contributed by atoms with Crippen LogP contribution in [0.3, 0.4) is 0 Å². The molecule has 1 aromatic carbocycles. The average molecular weight is 225 g/mol. The lowest BCUT2D eigenvalue weighted by Crippen LogP contribution is -2.03. The van der Waals surface area contributed by atoms with E-state index in [1.165, 1.54) is 17.5 Å². The van der Waals surface area contributed by atoms with Gasteiger partial charge in [0.25, 0.3) is 0 Å². The van der Waals surface area contributed by atoms with Crippen molar-refractivity contribution in [3.8, 4) is 0 Å². The van der Waals surface area contributed by atoms with Gasteiger partial charge in [0.2, 0.25) is 0 Å². The maximum Gasteiger partial charge on any atom is 0.196 e. The Kier molecular flexibility index (Phi) is 2.42. The summed E-state index contributed by atoms with van der Waals surface area (Å²) in [6, 6.07) is 5.82. The van der Waals surface area contributed by atoms with Gasteiger partial charge in [-0.3, -0.25) is 4.79 Å². The molecule has 0 bridgehead atoms. The second-order valence-electron chi connectivity index (χ2n) is 4.04. The van der Waals surface area contributed by atoms with E-state index in [-0.39, 0.29) is 5.78 Å². The molecule has 2 heterocycles. The molecule has 4 heteroatoms. The number of benzene rings is 1. The first-order valence-corrected chi connectivity index (χ1v) is 5.47. The zero-order valence-corrected chi connectivity index (χ0v) is 9.18. The van der Waals surface area contributed by atoms with Gasteiger partial charge in [-0.25, -0.2) is 9.97 Å². The highest BCUT2D eigenvalue weighted by Gasteiger charge is 2.14. The smallest absolute Gasteiger partial charge is 0.196 e. The molecule has 0 atom stereocenters. The number of nitrogens with zero attached hydrogens (tertiary/aromatic N) is 2. The normalized spacial score (nSPS) is 13.4.